The minimum atomic E-state index is -2.79. The molecule has 0 saturated heterocycles. The summed E-state index contributed by atoms with van der Waals surface area (Å²) in [5, 5.41) is 3.11. The van der Waals surface area contributed by atoms with E-state index in [0.717, 1.165) is 54.9 Å². The Labute approximate surface area is 157 Å². The summed E-state index contributed by atoms with van der Waals surface area (Å²) in [7, 11) is -1.11. The second-order valence-electron chi connectivity index (χ2n) is 6.96. The number of rotatable bonds is 8. The smallest absolute Gasteiger partial charge is 0.168 e. The molecular weight excluding hydrogens is 339 g/mol. The highest BCUT2D eigenvalue weighted by atomic mass is 31.2. The first-order valence-electron chi connectivity index (χ1n) is 9.74. The maximum absolute atomic E-state index is 14.6. The summed E-state index contributed by atoms with van der Waals surface area (Å²) in [6.45, 7) is 4.41. The van der Waals surface area contributed by atoms with Gasteiger partial charge in [-0.3, -0.25) is 0 Å². The van der Waals surface area contributed by atoms with Crippen molar-refractivity contribution >= 4 is 23.3 Å². The molecular formula is C23H29O2P. The van der Waals surface area contributed by atoms with Gasteiger partial charge >= 0.3 is 0 Å². The largest absolute Gasteiger partial charge is 0.497 e. The summed E-state index contributed by atoms with van der Waals surface area (Å²) in [6, 6.07) is 16.2. The quantitative estimate of drug-likeness (QED) is 0.525. The molecule has 1 atom stereocenters. The number of hydrogen-bond acceptors (Lipinski definition) is 2. The topological polar surface area (TPSA) is 26.3 Å². The number of methoxy groups -OCH3 is 1. The molecule has 0 amide bonds. The number of unbranched alkanes of at least 4 members (excludes halogenated alkanes) is 2. The highest BCUT2D eigenvalue weighted by Gasteiger charge is 2.41. The fourth-order valence-electron chi connectivity index (χ4n) is 3.86. The van der Waals surface area contributed by atoms with Gasteiger partial charge in [-0.25, -0.2) is 0 Å². The number of hydrogen-bond donors (Lipinski definition) is 0. The monoisotopic (exact) mass is 368 g/mol. The van der Waals surface area contributed by atoms with Crippen LogP contribution in [0.3, 0.4) is 0 Å². The molecule has 2 aromatic rings. The lowest BCUT2D eigenvalue weighted by atomic mass is 9.98. The van der Waals surface area contributed by atoms with Crippen molar-refractivity contribution in [2.24, 2.45) is 0 Å². The molecule has 1 heterocycles. The molecule has 2 nitrogen and oxygen atoms in total. The van der Waals surface area contributed by atoms with Crippen LogP contribution in [-0.4, -0.2) is 7.11 Å². The van der Waals surface area contributed by atoms with Crippen molar-refractivity contribution in [2.45, 2.75) is 52.4 Å². The second-order valence-corrected chi connectivity index (χ2v) is 9.72. The predicted octanol–water partition coefficient (Wildman–Crippen LogP) is 6.11. The predicted molar refractivity (Wildman–Crippen MR) is 112 cm³/mol. The van der Waals surface area contributed by atoms with Crippen LogP contribution in [0.15, 0.2) is 53.8 Å². The van der Waals surface area contributed by atoms with Crippen molar-refractivity contribution in [3.63, 3.8) is 0 Å². The van der Waals surface area contributed by atoms with E-state index < -0.39 is 7.14 Å². The summed E-state index contributed by atoms with van der Waals surface area (Å²) in [5.74, 6) is 0.784. The van der Waals surface area contributed by atoms with Gasteiger partial charge in [0.05, 0.1) is 7.11 Å². The van der Waals surface area contributed by atoms with E-state index in [4.69, 9.17) is 4.74 Å². The zero-order chi connectivity index (χ0) is 18.6. The standard InChI is InChI=1S/C23H29O2P/c1-4-6-13-20-21-16-15-18(25-3)17-23(21)26(24,22(20)14-7-5-2)19-11-9-8-10-12-19/h8-12,15-17H,4-7,13-14H2,1-3H3. The van der Waals surface area contributed by atoms with Crippen molar-refractivity contribution in [1.29, 1.82) is 0 Å². The minimum Gasteiger partial charge on any atom is -0.497 e. The molecule has 3 rings (SSSR count). The van der Waals surface area contributed by atoms with Gasteiger partial charge in [0.2, 0.25) is 0 Å². The summed E-state index contributed by atoms with van der Waals surface area (Å²) < 4.78 is 20.1. The van der Waals surface area contributed by atoms with Gasteiger partial charge in [-0.05, 0) is 49.0 Å². The Bertz CT molecular complexity index is 837. The van der Waals surface area contributed by atoms with Crippen molar-refractivity contribution in [2.75, 3.05) is 7.11 Å². The Kier molecular flexibility index (Phi) is 6.04. The fraction of sp³-hybridized carbons (Fsp3) is 0.391. The molecule has 0 N–H and O–H groups in total. The molecule has 1 unspecified atom stereocenters. The Hall–Kier alpha value is -1.79. The normalized spacial score (nSPS) is 18.9. The zero-order valence-corrected chi connectivity index (χ0v) is 17.0. The van der Waals surface area contributed by atoms with Crippen LogP contribution in [0, 0.1) is 0 Å². The highest BCUT2D eigenvalue weighted by molar-refractivity contribution is 7.83. The zero-order valence-electron chi connectivity index (χ0n) is 16.1. The maximum atomic E-state index is 14.6. The van der Waals surface area contributed by atoms with Gasteiger partial charge in [0, 0.05) is 15.9 Å². The van der Waals surface area contributed by atoms with E-state index in [0.29, 0.717) is 0 Å². The van der Waals surface area contributed by atoms with Gasteiger partial charge in [-0.15, -0.1) is 0 Å². The van der Waals surface area contributed by atoms with E-state index in [-0.39, 0.29) is 0 Å². The first-order chi connectivity index (χ1) is 12.7. The summed E-state index contributed by atoms with van der Waals surface area (Å²) in [6.07, 6.45) is 6.38. The Balaban J connectivity index is 2.24. The highest BCUT2D eigenvalue weighted by Crippen LogP contribution is 2.62. The molecule has 0 saturated carbocycles. The van der Waals surface area contributed by atoms with Crippen LogP contribution in [-0.2, 0) is 4.57 Å². The Morgan fingerprint density at radius 1 is 0.923 bits per heavy atom. The number of ether oxygens (including phenoxy) is 1. The van der Waals surface area contributed by atoms with E-state index >= 15 is 0 Å². The van der Waals surface area contributed by atoms with Crippen molar-refractivity contribution in [3.05, 3.63) is 59.4 Å². The SMILES string of the molecule is CCCCC1=C(CCCC)P(=O)(c2ccccc2)c2cc(OC)ccc21. The average molecular weight is 368 g/mol. The van der Waals surface area contributed by atoms with Crippen molar-refractivity contribution in [3.8, 4) is 5.75 Å². The lowest BCUT2D eigenvalue weighted by Gasteiger charge is -2.19. The number of benzene rings is 2. The summed E-state index contributed by atoms with van der Waals surface area (Å²) >= 11 is 0. The lowest BCUT2D eigenvalue weighted by molar-refractivity contribution is 0.415. The fourth-order valence-corrected chi connectivity index (χ4v) is 7.28. The molecule has 1 aliphatic rings. The van der Waals surface area contributed by atoms with Crippen LogP contribution in [0.25, 0.3) is 5.57 Å². The van der Waals surface area contributed by atoms with E-state index in [2.05, 4.69) is 19.9 Å². The molecule has 0 spiro atoms. The first kappa shape index (κ1) is 19.0. The van der Waals surface area contributed by atoms with E-state index in [1.54, 1.807) is 7.11 Å². The second kappa shape index (κ2) is 8.27. The first-order valence-corrected chi connectivity index (χ1v) is 11.4. The summed E-state index contributed by atoms with van der Waals surface area (Å²) in [5.41, 5.74) is 2.50. The van der Waals surface area contributed by atoms with E-state index in [1.165, 1.54) is 16.5 Å². The van der Waals surface area contributed by atoms with Crippen LogP contribution in [0.5, 0.6) is 5.75 Å². The van der Waals surface area contributed by atoms with Gasteiger partial charge in [0.15, 0.2) is 7.14 Å². The molecule has 0 fully saturated rings. The maximum Gasteiger partial charge on any atom is 0.168 e. The Morgan fingerprint density at radius 3 is 2.27 bits per heavy atom. The molecule has 0 aliphatic carbocycles. The molecule has 3 heteroatoms. The molecule has 0 aromatic heterocycles. The average Bonchev–Trinajstić information content (AvgIpc) is 2.93. The molecule has 26 heavy (non-hydrogen) atoms. The molecule has 138 valence electrons. The Morgan fingerprint density at radius 2 is 1.62 bits per heavy atom. The molecule has 1 aliphatic heterocycles. The molecule has 2 aromatic carbocycles. The minimum absolute atomic E-state index is 0.784. The van der Waals surface area contributed by atoms with Crippen LogP contribution < -0.4 is 15.3 Å². The van der Waals surface area contributed by atoms with Crippen molar-refractivity contribution in [1.82, 2.24) is 0 Å². The third-order valence-corrected chi connectivity index (χ3v) is 8.59. The lowest BCUT2D eigenvalue weighted by Crippen LogP contribution is -2.16. The van der Waals surface area contributed by atoms with Crippen LogP contribution >= 0.6 is 7.14 Å². The molecule has 0 bridgehead atoms. The van der Waals surface area contributed by atoms with Crippen LogP contribution in [0.2, 0.25) is 0 Å². The van der Waals surface area contributed by atoms with Crippen LogP contribution in [0.1, 0.15) is 57.9 Å². The van der Waals surface area contributed by atoms with Gasteiger partial charge < -0.3 is 9.30 Å². The van der Waals surface area contributed by atoms with Gasteiger partial charge in [0.25, 0.3) is 0 Å². The third-order valence-electron chi connectivity index (χ3n) is 5.26. The van der Waals surface area contributed by atoms with Crippen LogP contribution in [0.4, 0.5) is 0 Å². The van der Waals surface area contributed by atoms with E-state index in [1.807, 2.05) is 42.5 Å². The number of fused-ring (bicyclic) bond motifs is 1. The molecule has 0 radical (unpaired) electrons. The van der Waals surface area contributed by atoms with Gasteiger partial charge in [-0.2, -0.15) is 0 Å². The van der Waals surface area contributed by atoms with Crippen molar-refractivity contribution < 1.29 is 9.30 Å². The van der Waals surface area contributed by atoms with Gasteiger partial charge in [-0.1, -0.05) is 63.1 Å². The van der Waals surface area contributed by atoms with E-state index in [9.17, 15) is 4.57 Å². The summed E-state index contributed by atoms with van der Waals surface area (Å²) in [4.78, 5) is 0. The van der Waals surface area contributed by atoms with Gasteiger partial charge in [0.1, 0.15) is 5.75 Å². The third kappa shape index (κ3) is 3.28. The number of allylic oxidation sites excluding steroid dienone is 2.